The number of carboxylic acids is 1. The first-order valence-electron chi connectivity index (χ1n) is 13.0. The molecule has 4 aliphatic carbocycles. The molecule has 4 rings (SSSR count). The van der Waals surface area contributed by atoms with Crippen molar-refractivity contribution in [3.05, 3.63) is 0 Å². The van der Waals surface area contributed by atoms with Gasteiger partial charge in [0.1, 0.15) is 0 Å². The lowest BCUT2D eigenvalue weighted by Crippen LogP contribution is -2.64. The second kappa shape index (κ2) is 8.83. The highest BCUT2D eigenvalue weighted by Gasteiger charge is 2.66. The van der Waals surface area contributed by atoms with Gasteiger partial charge in [0.2, 0.25) is 0 Å². The molecular weight excluding hydrogens is 408 g/mol. The third-order valence-electron chi connectivity index (χ3n) is 11.1. The van der Waals surface area contributed by atoms with Crippen LogP contribution >= 0.6 is 0 Å². The van der Waals surface area contributed by atoms with E-state index in [1.165, 1.54) is 0 Å². The minimum absolute atomic E-state index is 0.0372. The maximum absolute atomic E-state index is 11.7. The lowest BCUT2D eigenvalue weighted by atomic mass is 9.41. The van der Waals surface area contributed by atoms with Gasteiger partial charge in [-0.05, 0) is 97.7 Å². The van der Waals surface area contributed by atoms with Gasteiger partial charge >= 0.3 is 5.97 Å². The van der Waals surface area contributed by atoms with E-state index in [0.717, 1.165) is 38.5 Å². The van der Waals surface area contributed by atoms with Gasteiger partial charge < -0.3 is 25.5 Å². The van der Waals surface area contributed by atoms with Crippen molar-refractivity contribution in [3.63, 3.8) is 0 Å². The van der Waals surface area contributed by atoms with E-state index in [9.17, 15) is 30.3 Å². The fourth-order valence-corrected chi connectivity index (χ4v) is 9.22. The van der Waals surface area contributed by atoms with E-state index in [1.54, 1.807) is 0 Å². The molecule has 32 heavy (non-hydrogen) atoms. The van der Waals surface area contributed by atoms with Gasteiger partial charge in [0.25, 0.3) is 0 Å². The normalized spacial score (nSPS) is 51.4. The van der Waals surface area contributed by atoms with Crippen LogP contribution in [0.2, 0.25) is 0 Å². The summed E-state index contributed by atoms with van der Waals surface area (Å²) in [5, 5.41) is 52.4. The third-order valence-corrected chi connectivity index (χ3v) is 11.1. The van der Waals surface area contributed by atoms with E-state index in [1.807, 2.05) is 0 Å². The molecule has 184 valence electrons. The Labute approximate surface area is 192 Å². The Hall–Kier alpha value is -0.690. The minimum Gasteiger partial charge on any atom is -0.481 e. The van der Waals surface area contributed by atoms with Crippen LogP contribution in [0, 0.1) is 52.3 Å². The number of aliphatic hydroxyl groups excluding tert-OH is 4. The maximum atomic E-state index is 11.7. The fourth-order valence-electron chi connectivity index (χ4n) is 9.22. The van der Waals surface area contributed by atoms with Crippen molar-refractivity contribution in [3.8, 4) is 0 Å². The van der Waals surface area contributed by atoms with E-state index in [2.05, 4.69) is 20.8 Å². The van der Waals surface area contributed by atoms with Gasteiger partial charge in [0.15, 0.2) is 0 Å². The van der Waals surface area contributed by atoms with Crippen molar-refractivity contribution in [1.82, 2.24) is 0 Å². The third kappa shape index (κ3) is 3.55. The van der Waals surface area contributed by atoms with Gasteiger partial charge in [-0.1, -0.05) is 27.2 Å². The summed E-state index contributed by atoms with van der Waals surface area (Å²) in [7, 11) is 0. The van der Waals surface area contributed by atoms with Gasteiger partial charge in [0, 0.05) is 0 Å². The molecule has 0 aliphatic heterocycles. The summed E-state index contributed by atoms with van der Waals surface area (Å²) in [5.41, 5.74) is -0.286. The molecule has 5 N–H and O–H groups in total. The van der Waals surface area contributed by atoms with E-state index in [4.69, 9.17) is 0 Å². The van der Waals surface area contributed by atoms with Gasteiger partial charge in [-0.25, -0.2) is 0 Å². The molecule has 0 aromatic heterocycles. The Balaban J connectivity index is 1.62. The molecule has 0 amide bonds. The number of hydrogen-bond donors (Lipinski definition) is 5. The summed E-state index contributed by atoms with van der Waals surface area (Å²) in [6, 6.07) is 0. The molecular formula is C26H44O6. The molecule has 0 bridgehead atoms. The lowest BCUT2D eigenvalue weighted by molar-refractivity contribution is -0.226. The van der Waals surface area contributed by atoms with E-state index < -0.39 is 24.1 Å². The Morgan fingerprint density at radius 1 is 1.03 bits per heavy atom. The first-order valence-corrected chi connectivity index (χ1v) is 13.0. The Morgan fingerprint density at radius 2 is 1.75 bits per heavy atom. The maximum Gasteiger partial charge on any atom is 0.308 e. The second-order valence-corrected chi connectivity index (χ2v) is 12.1. The van der Waals surface area contributed by atoms with Crippen LogP contribution in [-0.4, -0.2) is 56.4 Å². The molecule has 0 aromatic carbocycles. The van der Waals surface area contributed by atoms with Crippen LogP contribution in [0.3, 0.4) is 0 Å². The molecule has 12 atom stereocenters. The zero-order valence-corrected chi connectivity index (χ0v) is 20.0. The van der Waals surface area contributed by atoms with Gasteiger partial charge in [0.05, 0.1) is 30.8 Å². The van der Waals surface area contributed by atoms with Crippen LogP contribution < -0.4 is 0 Å². The summed E-state index contributed by atoms with van der Waals surface area (Å²) in [5.74, 6) is -0.373. The summed E-state index contributed by atoms with van der Waals surface area (Å²) >= 11 is 0. The lowest BCUT2D eigenvalue weighted by Gasteiger charge is -2.65. The number of aliphatic carboxylic acids is 1. The topological polar surface area (TPSA) is 118 Å². The van der Waals surface area contributed by atoms with E-state index in [-0.39, 0.29) is 53.1 Å². The highest BCUT2D eigenvalue weighted by Crippen LogP contribution is 2.69. The number of aliphatic hydroxyl groups is 4. The van der Waals surface area contributed by atoms with Crippen molar-refractivity contribution in [2.24, 2.45) is 52.3 Å². The average molecular weight is 453 g/mol. The van der Waals surface area contributed by atoms with Crippen LogP contribution in [0.15, 0.2) is 0 Å². The summed E-state index contributed by atoms with van der Waals surface area (Å²) in [4.78, 5) is 11.4. The molecule has 0 saturated heterocycles. The summed E-state index contributed by atoms with van der Waals surface area (Å²) < 4.78 is 0. The van der Waals surface area contributed by atoms with Crippen molar-refractivity contribution in [2.75, 3.05) is 6.61 Å². The molecule has 0 radical (unpaired) electrons. The van der Waals surface area contributed by atoms with Crippen LogP contribution in [0.25, 0.3) is 0 Å². The Kier molecular flexibility index (Phi) is 6.74. The molecule has 0 aromatic rings. The zero-order valence-electron chi connectivity index (χ0n) is 20.0. The number of carboxylic acid groups (broad SMARTS) is 1. The standard InChI is InChI=1S/C26H44O6/c1-4-17-19-11-16(28)9-10-25(19,2)20-12-21(29)26(3)15(6-5-14(13-27)24(31)32)7-8-18(26)22(20)23(17)30/h14-23,27-30H,4-13H2,1-3H3,(H,31,32)/t14-,15-,16+,17+,18?,19-,20?,21-,22?,23+,25-,26+/m0/s1. The largest absolute Gasteiger partial charge is 0.481 e. The van der Waals surface area contributed by atoms with Crippen LogP contribution in [0.1, 0.15) is 78.6 Å². The quantitative estimate of drug-likeness (QED) is 0.423. The van der Waals surface area contributed by atoms with Crippen LogP contribution in [-0.2, 0) is 4.79 Å². The second-order valence-electron chi connectivity index (χ2n) is 12.1. The predicted octanol–water partition coefficient (Wildman–Crippen LogP) is 3.06. The molecule has 4 saturated carbocycles. The number of fused-ring (bicyclic) bond motifs is 5. The Morgan fingerprint density at radius 3 is 2.38 bits per heavy atom. The predicted molar refractivity (Wildman–Crippen MR) is 121 cm³/mol. The molecule has 3 unspecified atom stereocenters. The average Bonchev–Trinajstić information content (AvgIpc) is 3.08. The molecule has 0 spiro atoms. The van der Waals surface area contributed by atoms with E-state index >= 15 is 0 Å². The highest BCUT2D eigenvalue weighted by molar-refractivity contribution is 5.70. The van der Waals surface area contributed by atoms with Gasteiger partial charge in [-0.3, -0.25) is 4.79 Å². The van der Waals surface area contributed by atoms with Gasteiger partial charge in [-0.15, -0.1) is 0 Å². The fraction of sp³-hybridized carbons (Fsp3) is 0.962. The van der Waals surface area contributed by atoms with Crippen molar-refractivity contribution < 1.29 is 30.3 Å². The zero-order chi connectivity index (χ0) is 23.4. The number of rotatable bonds is 6. The molecule has 6 nitrogen and oxygen atoms in total. The van der Waals surface area contributed by atoms with Crippen molar-refractivity contribution in [2.45, 2.75) is 96.9 Å². The SMILES string of the molecule is CC[C@H]1[C@@H](O)C2C3CC[C@H](CC[C@@H](CO)C(=O)O)[C@@]3(C)[C@@H](O)CC2[C@@]2(C)CC[C@@H](O)C[C@@H]12. The smallest absolute Gasteiger partial charge is 0.308 e. The van der Waals surface area contributed by atoms with Crippen LogP contribution in [0.5, 0.6) is 0 Å². The minimum atomic E-state index is -0.955. The van der Waals surface area contributed by atoms with Crippen molar-refractivity contribution in [1.29, 1.82) is 0 Å². The van der Waals surface area contributed by atoms with Crippen molar-refractivity contribution >= 4 is 5.97 Å². The molecule has 6 heteroatoms. The number of hydrogen-bond acceptors (Lipinski definition) is 5. The first-order chi connectivity index (χ1) is 15.1. The summed E-state index contributed by atoms with van der Waals surface area (Å²) in [6.45, 7) is 6.34. The molecule has 0 heterocycles. The Bertz CT molecular complexity index is 698. The highest BCUT2D eigenvalue weighted by atomic mass is 16.4. The number of carbonyl (C=O) groups is 1. The van der Waals surface area contributed by atoms with Crippen LogP contribution in [0.4, 0.5) is 0 Å². The summed E-state index contributed by atoms with van der Waals surface area (Å²) in [6.07, 6.45) is 5.99. The monoisotopic (exact) mass is 452 g/mol. The van der Waals surface area contributed by atoms with E-state index in [0.29, 0.717) is 25.2 Å². The molecule has 4 aliphatic rings. The van der Waals surface area contributed by atoms with Gasteiger partial charge in [-0.2, -0.15) is 0 Å². The first kappa shape index (κ1) is 24.4. The molecule has 4 fully saturated rings.